The number of esters is 1. The third kappa shape index (κ3) is 5.47. The van der Waals surface area contributed by atoms with E-state index in [1.54, 1.807) is 6.08 Å². The molecule has 0 bridgehead atoms. The largest absolute Gasteiger partial charge is 0.463 e. The first-order valence-electron chi connectivity index (χ1n) is 9.52. The summed E-state index contributed by atoms with van der Waals surface area (Å²) in [5.74, 6) is 0.380. The van der Waals surface area contributed by atoms with Crippen molar-refractivity contribution in [2.75, 3.05) is 6.61 Å². The number of ether oxygens (including phenoxy) is 1. The van der Waals surface area contributed by atoms with E-state index in [1.165, 1.54) is 48.2 Å². The molecule has 1 fully saturated rings. The van der Waals surface area contributed by atoms with Gasteiger partial charge in [0.1, 0.15) is 0 Å². The smallest absolute Gasteiger partial charge is 0.330 e. The lowest BCUT2D eigenvalue weighted by Gasteiger charge is -2.15. The second kappa shape index (κ2) is 9.61. The molecule has 0 aliphatic heterocycles. The van der Waals surface area contributed by atoms with Crippen LogP contribution in [0.2, 0.25) is 0 Å². The second-order valence-corrected chi connectivity index (χ2v) is 6.62. The zero-order valence-corrected chi connectivity index (χ0v) is 15.4. The van der Waals surface area contributed by atoms with Crippen LogP contribution >= 0.6 is 0 Å². The quantitative estimate of drug-likeness (QED) is 0.507. The standard InChI is InChI=1S/C21H31NO2/c1-4-19-13-16(14-20(5-2)22-19)11-12-18(15-21(23)24-6-3)17-9-7-8-10-17/h13-15,17H,4-12H2,1-3H3/b18-15-. The Morgan fingerprint density at radius 2 is 1.79 bits per heavy atom. The zero-order valence-electron chi connectivity index (χ0n) is 15.4. The van der Waals surface area contributed by atoms with Crippen LogP contribution in [-0.2, 0) is 28.8 Å². The van der Waals surface area contributed by atoms with E-state index in [0.29, 0.717) is 12.5 Å². The number of hydrogen-bond donors (Lipinski definition) is 0. The Morgan fingerprint density at radius 1 is 1.17 bits per heavy atom. The number of rotatable bonds is 8. The molecule has 3 heteroatoms. The van der Waals surface area contributed by atoms with E-state index in [0.717, 1.165) is 25.7 Å². The van der Waals surface area contributed by atoms with E-state index >= 15 is 0 Å². The Labute approximate surface area is 146 Å². The first kappa shape index (κ1) is 18.7. The molecule has 2 rings (SSSR count). The molecule has 24 heavy (non-hydrogen) atoms. The van der Waals surface area contributed by atoms with Crippen LogP contribution < -0.4 is 0 Å². The molecule has 0 spiro atoms. The molecule has 1 heterocycles. The van der Waals surface area contributed by atoms with Crippen molar-refractivity contribution in [2.24, 2.45) is 5.92 Å². The lowest BCUT2D eigenvalue weighted by Crippen LogP contribution is -2.07. The van der Waals surface area contributed by atoms with Gasteiger partial charge in [-0.3, -0.25) is 4.98 Å². The van der Waals surface area contributed by atoms with Gasteiger partial charge < -0.3 is 4.74 Å². The van der Waals surface area contributed by atoms with Gasteiger partial charge in [0.15, 0.2) is 0 Å². The maximum atomic E-state index is 11.9. The molecule has 0 unspecified atom stereocenters. The van der Waals surface area contributed by atoms with Crippen molar-refractivity contribution in [1.82, 2.24) is 4.98 Å². The fraction of sp³-hybridized carbons (Fsp3) is 0.619. The number of allylic oxidation sites excluding steroid dienone is 1. The van der Waals surface area contributed by atoms with Crippen molar-refractivity contribution in [2.45, 2.75) is 72.1 Å². The molecule has 0 amide bonds. The molecule has 1 aliphatic carbocycles. The Bertz CT molecular complexity index is 549. The fourth-order valence-corrected chi connectivity index (χ4v) is 3.54. The van der Waals surface area contributed by atoms with Crippen molar-refractivity contribution < 1.29 is 9.53 Å². The van der Waals surface area contributed by atoms with Crippen molar-refractivity contribution in [3.8, 4) is 0 Å². The van der Waals surface area contributed by atoms with Gasteiger partial charge in [0, 0.05) is 17.5 Å². The molecular weight excluding hydrogens is 298 g/mol. The van der Waals surface area contributed by atoms with Crippen LogP contribution in [0.1, 0.15) is 69.8 Å². The van der Waals surface area contributed by atoms with Gasteiger partial charge >= 0.3 is 5.97 Å². The molecule has 1 aliphatic rings. The van der Waals surface area contributed by atoms with Gasteiger partial charge in [-0.2, -0.15) is 0 Å². The minimum absolute atomic E-state index is 0.183. The van der Waals surface area contributed by atoms with Gasteiger partial charge in [-0.1, -0.05) is 32.3 Å². The lowest BCUT2D eigenvalue weighted by molar-refractivity contribution is -0.137. The fourth-order valence-electron chi connectivity index (χ4n) is 3.54. The predicted octanol–water partition coefficient (Wildman–Crippen LogP) is 4.82. The molecule has 1 saturated carbocycles. The van der Waals surface area contributed by atoms with E-state index in [1.807, 2.05) is 6.92 Å². The summed E-state index contributed by atoms with van der Waals surface area (Å²) in [5.41, 5.74) is 4.95. The van der Waals surface area contributed by atoms with E-state index in [2.05, 4.69) is 31.0 Å². The summed E-state index contributed by atoms with van der Waals surface area (Å²) >= 11 is 0. The highest BCUT2D eigenvalue weighted by Gasteiger charge is 2.20. The molecule has 1 aromatic rings. The van der Waals surface area contributed by atoms with Crippen molar-refractivity contribution in [3.63, 3.8) is 0 Å². The predicted molar refractivity (Wildman–Crippen MR) is 98.0 cm³/mol. The molecule has 1 aromatic heterocycles. The highest BCUT2D eigenvalue weighted by molar-refractivity contribution is 5.82. The maximum Gasteiger partial charge on any atom is 0.330 e. The second-order valence-electron chi connectivity index (χ2n) is 6.62. The number of pyridine rings is 1. The molecule has 0 saturated heterocycles. The van der Waals surface area contributed by atoms with E-state index < -0.39 is 0 Å². The number of nitrogens with zero attached hydrogens (tertiary/aromatic N) is 1. The molecule has 3 nitrogen and oxygen atoms in total. The number of hydrogen-bond acceptors (Lipinski definition) is 3. The van der Waals surface area contributed by atoms with E-state index in [4.69, 9.17) is 4.74 Å². The third-order valence-corrected chi connectivity index (χ3v) is 4.89. The average molecular weight is 329 g/mol. The van der Waals surface area contributed by atoms with Crippen LogP contribution in [-0.4, -0.2) is 17.6 Å². The van der Waals surface area contributed by atoms with Crippen LogP contribution in [0.3, 0.4) is 0 Å². The monoisotopic (exact) mass is 329 g/mol. The number of aromatic nitrogens is 1. The number of carbonyl (C=O) groups is 1. The minimum atomic E-state index is -0.183. The van der Waals surface area contributed by atoms with E-state index in [9.17, 15) is 4.79 Å². The van der Waals surface area contributed by atoms with Gasteiger partial charge in [-0.25, -0.2) is 4.79 Å². The van der Waals surface area contributed by atoms with E-state index in [-0.39, 0.29) is 5.97 Å². The minimum Gasteiger partial charge on any atom is -0.463 e. The normalized spacial score (nSPS) is 15.7. The first-order valence-corrected chi connectivity index (χ1v) is 9.52. The Balaban J connectivity index is 2.10. The van der Waals surface area contributed by atoms with Crippen molar-refractivity contribution >= 4 is 5.97 Å². The van der Waals surface area contributed by atoms with Gasteiger partial charge in [0.25, 0.3) is 0 Å². The Morgan fingerprint density at radius 3 is 2.33 bits per heavy atom. The van der Waals surface area contributed by atoms with Crippen molar-refractivity contribution in [3.05, 3.63) is 40.7 Å². The lowest BCUT2D eigenvalue weighted by atomic mass is 9.91. The molecule has 0 N–H and O–H groups in total. The third-order valence-electron chi connectivity index (χ3n) is 4.89. The van der Waals surface area contributed by atoms with Crippen LogP contribution in [0.5, 0.6) is 0 Å². The molecular formula is C21H31NO2. The summed E-state index contributed by atoms with van der Waals surface area (Å²) < 4.78 is 5.13. The van der Waals surface area contributed by atoms with Crippen molar-refractivity contribution in [1.29, 1.82) is 0 Å². The average Bonchev–Trinajstić information content (AvgIpc) is 3.12. The highest BCUT2D eigenvalue weighted by atomic mass is 16.5. The molecule has 0 aromatic carbocycles. The Kier molecular flexibility index (Phi) is 7.48. The summed E-state index contributed by atoms with van der Waals surface area (Å²) in [7, 11) is 0. The van der Waals surface area contributed by atoms with Crippen LogP contribution in [0.25, 0.3) is 0 Å². The first-order chi connectivity index (χ1) is 11.7. The number of carbonyl (C=O) groups excluding carboxylic acids is 1. The summed E-state index contributed by atoms with van der Waals surface area (Å²) in [4.78, 5) is 16.6. The summed E-state index contributed by atoms with van der Waals surface area (Å²) in [6.45, 7) is 6.60. The van der Waals surface area contributed by atoms with Gasteiger partial charge in [-0.15, -0.1) is 0 Å². The molecule has 0 atom stereocenters. The van der Waals surface area contributed by atoms with Gasteiger partial charge in [0.2, 0.25) is 0 Å². The molecule has 0 radical (unpaired) electrons. The zero-order chi connectivity index (χ0) is 17.4. The summed E-state index contributed by atoms with van der Waals surface area (Å²) in [6.07, 6.45) is 10.6. The highest BCUT2D eigenvalue weighted by Crippen LogP contribution is 2.33. The van der Waals surface area contributed by atoms with Crippen LogP contribution in [0, 0.1) is 5.92 Å². The SMILES string of the molecule is CCOC(=O)/C=C(/CCc1cc(CC)nc(CC)c1)C1CCCC1. The Hall–Kier alpha value is -1.64. The van der Waals surface area contributed by atoms with Crippen LogP contribution in [0.15, 0.2) is 23.8 Å². The summed E-state index contributed by atoms with van der Waals surface area (Å²) in [6, 6.07) is 4.44. The molecule has 132 valence electrons. The topological polar surface area (TPSA) is 39.2 Å². The summed E-state index contributed by atoms with van der Waals surface area (Å²) in [5, 5.41) is 0. The van der Waals surface area contributed by atoms with Gasteiger partial charge in [0.05, 0.1) is 6.61 Å². The van der Waals surface area contributed by atoms with Crippen LogP contribution in [0.4, 0.5) is 0 Å². The number of aryl methyl sites for hydroxylation is 3. The maximum absolute atomic E-state index is 11.9. The van der Waals surface area contributed by atoms with Gasteiger partial charge in [-0.05, 0) is 69.1 Å².